The summed E-state index contributed by atoms with van der Waals surface area (Å²) in [6, 6.07) is 7.84. The Morgan fingerprint density at radius 1 is 1.21 bits per heavy atom. The Morgan fingerprint density at radius 2 is 1.93 bits per heavy atom. The first-order chi connectivity index (χ1) is 13.4. The van der Waals surface area contributed by atoms with Crippen molar-refractivity contribution in [1.29, 1.82) is 0 Å². The van der Waals surface area contributed by atoms with E-state index < -0.39 is 0 Å². The minimum Gasteiger partial charge on any atom is -0.354 e. The number of amides is 2. The fourth-order valence-corrected chi connectivity index (χ4v) is 3.03. The average molecular weight is 388 g/mol. The van der Waals surface area contributed by atoms with Crippen LogP contribution in [0.1, 0.15) is 49.5 Å². The lowest BCUT2D eigenvalue weighted by molar-refractivity contribution is -0.123. The number of piperazine rings is 1. The summed E-state index contributed by atoms with van der Waals surface area (Å²) in [7, 11) is 1.76. The maximum atomic E-state index is 12.5. The van der Waals surface area contributed by atoms with Crippen LogP contribution in [0, 0.1) is 5.92 Å². The van der Waals surface area contributed by atoms with Crippen LogP contribution in [0.4, 0.5) is 0 Å². The number of carbonyl (C=O) groups excluding carboxylic acids is 2. The monoisotopic (exact) mass is 387 g/mol. The van der Waals surface area contributed by atoms with Crippen molar-refractivity contribution in [2.24, 2.45) is 10.9 Å². The van der Waals surface area contributed by atoms with Gasteiger partial charge in [0.25, 0.3) is 5.91 Å². The number of nitrogens with one attached hydrogen (secondary N) is 3. The van der Waals surface area contributed by atoms with Crippen LogP contribution in [0.15, 0.2) is 29.3 Å². The highest BCUT2D eigenvalue weighted by atomic mass is 16.2. The number of benzene rings is 1. The predicted molar refractivity (Wildman–Crippen MR) is 112 cm³/mol. The summed E-state index contributed by atoms with van der Waals surface area (Å²) < 4.78 is 0. The molecule has 1 unspecified atom stereocenters. The molecule has 1 aliphatic heterocycles. The molecule has 1 aliphatic rings. The molecule has 2 rings (SSSR count). The van der Waals surface area contributed by atoms with Crippen LogP contribution >= 0.6 is 0 Å². The molecule has 1 aromatic rings. The Labute approximate surface area is 168 Å². The van der Waals surface area contributed by atoms with Crippen molar-refractivity contribution >= 4 is 17.8 Å². The summed E-state index contributed by atoms with van der Waals surface area (Å²) >= 11 is 0. The van der Waals surface area contributed by atoms with Gasteiger partial charge in [-0.25, -0.2) is 0 Å². The molecule has 2 amide bonds. The summed E-state index contributed by atoms with van der Waals surface area (Å²) in [4.78, 5) is 29.8. The van der Waals surface area contributed by atoms with Gasteiger partial charge in [-0.2, -0.15) is 0 Å². The first-order valence-corrected chi connectivity index (χ1v) is 10.0. The van der Waals surface area contributed by atoms with Crippen LogP contribution in [0.2, 0.25) is 0 Å². The van der Waals surface area contributed by atoms with Crippen molar-refractivity contribution in [2.75, 3.05) is 26.7 Å². The third-order valence-corrected chi connectivity index (χ3v) is 4.77. The van der Waals surface area contributed by atoms with E-state index in [-0.39, 0.29) is 18.4 Å². The molecule has 1 saturated heterocycles. The molecule has 0 aliphatic carbocycles. The molecular formula is C21H33N5O2. The fourth-order valence-electron chi connectivity index (χ4n) is 3.03. The first-order valence-electron chi connectivity index (χ1n) is 10.0. The third-order valence-electron chi connectivity index (χ3n) is 4.77. The van der Waals surface area contributed by atoms with E-state index in [0.717, 1.165) is 17.9 Å². The molecule has 7 nitrogen and oxygen atoms in total. The van der Waals surface area contributed by atoms with E-state index in [1.54, 1.807) is 11.9 Å². The predicted octanol–water partition coefficient (Wildman–Crippen LogP) is 1.75. The van der Waals surface area contributed by atoms with Crippen LogP contribution in [-0.2, 0) is 11.3 Å². The molecule has 0 bridgehead atoms. The van der Waals surface area contributed by atoms with Gasteiger partial charge in [-0.15, -0.1) is 0 Å². The molecule has 3 N–H and O–H groups in total. The van der Waals surface area contributed by atoms with E-state index in [1.807, 2.05) is 24.3 Å². The highest BCUT2D eigenvalue weighted by Crippen LogP contribution is 2.09. The lowest BCUT2D eigenvalue weighted by Gasteiger charge is -2.26. The van der Waals surface area contributed by atoms with Crippen molar-refractivity contribution in [3.63, 3.8) is 0 Å². The summed E-state index contributed by atoms with van der Waals surface area (Å²) in [6.07, 6.45) is 2.28. The zero-order valence-corrected chi connectivity index (χ0v) is 17.4. The van der Waals surface area contributed by atoms with Crippen LogP contribution in [-0.4, -0.2) is 55.4 Å². The average Bonchev–Trinajstić information content (AvgIpc) is 2.69. The van der Waals surface area contributed by atoms with Gasteiger partial charge in [-0.05, 0) is 43.4 Å². The van der Waals surface area contributed by atoms with Crippen LogP contribution in [0.5, 0.6) is 0 Å². The summed E-state index contributed by atoms with van der Waals surface area (Å²) in [6.45, 7) is 8.43. The molecule has 0 saturated carbocycles. The van der Waals surface area contributed by atoms with Gasteiger partial charge in [0.2, 0.25) is 5.91 Å². The second-order valence-corrected chi connectivity index (χ2v) is 7.72. The highest BCUT2D eigenvalue weighted by molar-refractivity contribution is 5.97. The van der Waals surface area contributed by atoms with Gasteiger partial charge < -0.3 is 20.9 Å². The lowest BCUT2D eigenvalue weighted by atomic mass is 10.0. The van der Waals surface area contributed by atoms with Crippen molar-refractivity contribution < 1.29 is 9.59 Å². The van der Waals surface area contributed by atoms with E-state index in [4.69, 9.17) is 0 Å². The van der Waals surface area contributed by atoms with Gasteiger partial charge >= 0.3 is 0 Å². The van der Waals surface area contributed by atoms with Crippen LogP contribution in [0.25, 0.3) is 0 Å². The number of guanidine groups is 1. The zero-order valence-electron chi connectivity index (χ0n) is 17.4. The second kappa shape index (κ2) is 10.7. The van der Waals surface area contributed by atoms with Gasteiger partial charge in [0.1, 0.15) is 0 Å². The van der Waals surface area contributed by atoms with E-state index in [0.29, 0.717) is 37.2 Å². The zero-order chi connectivity index (χ0) is 20.5. The van der Waals surface area contributed by atoms with Crippen molar-refractivity contribution in [2.45, 2.75) is 46.2 Å². The first kappa shape index (κ1) is 21.7. The molecule has 1 heterocycles. The van der Waals surface area contributed by atoms with Crippen molar-refractivity contribution in [3.8, 4) is 0 Å². The molecule has 0 radical (unpaired) electrons. The maximum Gasteiger partial charge on any atom is 0.254 e. The van der Waals surface area contributed by atoms with E-state index in [1.165, 1.54) is 6.42 Å². The maximum absolute atomic E-state index is 12.5. The topological polar surface area (TPSA) is 85.8 Å². The number of aliphatic imine (C=N–C) groups is 1. The van der Waals surface area contributed by atoms with Gasteiger partial charge in [-0.1, -0.05) is 26.0 Å². The molecule has 0 aromatic heterocycles. The Bertz CT molecular complexity index is 685. The summed E-state index contributed by atoms with van der Waals surface area (Å²) in [5.41, 5.74) is 1.66. The largest absolute Gasteiger partial charge is 0.354 e. The Morgan fingerprint density at radius 3 is 2.54 bits per heavy atom. The van der Waals surface area contributed by atoms with Crippen LogP contribution < -0.4 is 16.0 Å². The molecule has 0 spiro atoms. The van der Waals surface area contributed by atoms with Gasteiger partial charge in [0.15, 0.2) is 5.96 Å². The minimum atomic E-state index is -0.109. The van der Waals surface area contributed by atoms with Crippen molar-refractivity contribution in [1.82, 2.24) is 20.9 Å². The molecule has 1 fully saturated rings. The number of carbonyl (C=O) groups is 2. The van der Waals surface area contributed by atoms with Gasteiger partial charge in [0.05, 0.1) is 6.54 Å². The van der Waals surface area contributed by atoms with E-state index >= 15 is 0 Å². The van der Waals surface area contributed by atoms with Gasteiger partial charge in [-0.3, -0.25) is 14.6 Å². The third kappa shape index (κ3) is 6.87. The normalized spacial score (nSPS) is 16.0. The highest BCUT2D eigenvalue weighted by Gasteiger charge is 2.22. The van der Waals surface area contributed by atoms with E-state index in [9.17, 15) is 9.59 Å². The molecule has 154 valence electrons. The smallest absolute Gasteiger partial charge is 0.254 e. The lowest BCUT2D eigenvalue weighted by Crippen LogP contribution is -2.49. The Kier molecular flexibility index (Phi) is 8.29. The molecule has 1 atom stereocenters. The molecule has 7 heteroatoms. The minimum absolute atomic E-state index is 0.106. The number of hydrogen-bond acceptors (Lipinski definition) is 3. The van der Waals surface area contributed by atoms with Crippen LogP contribution in [0.3, 0.4) is 0 Å². The number of rotatable bonds is 7. The standard InChI is InChI=1S/C21H33N5O2/c1-15(2)5-6-16(3)25-21(22-4)24-13-17-7-9-18(10-8-17)20(28)26-12-11-23-19(27)14-26/h7-10,15-16H,5-6,11-14H2,1-4H3,(H,23,27)(H2,22,24,25). The Hall–Kier alpha value is -2.57. The SMILES string of the molecule is CN=C(NCc1ccc(C(=O)N2CCNC(=O)C2)cc1)NC(C)CCC(C)C. The quantitative estimate of drug-likeness (QED) is 0.491. The summed E-state index contributed by atoms with van der Waals surface area (Å²) in [5.74, 6) is 1.25. The molecule has 28 heavy (non-hydrogen) atoms. The Balaban J connectivity index is 1.84. The van der Waals surface area contributed by atoms with Crippen molar-refractivity contribution in [3.05, 3.63) is 35.4 Å². The second-order valence-electron chi connectivity index (χ2n) is 7.72. The number of nitrogens with zero attached hydrogens (tertiary/aromatic N) is 2. The number of hydrogen-bond donors (Lipinski definition) is 3. The summed E-state index contributed by atoms with van der Waals surface area (Å²) in [5, 5.41) is 9.45. The van der Waals surface area contributed by atoms with Gasteiger partial charge in [0, 0.05) is 38.3 Å². The van der Waals surface area contributed by atoms with E-state index in [2.05, 4.69) is 41.7 Å². The molecule has 1 aromatic carbocycles. The fraction of sp³-hybridized carbons (Fsp3) is 0.571. The molecular weight excluding hydrogens is 354 g/mol.